The van der Waals surface area contributed by atoms with Crippen molar-refractivity contribution >= 4 is 45.2 Å². The smallest absolute Gasteiger partial charge is 0.341 e. The first-order chi connectivity index (χ1) is 17.8. The Balaban J connectivity index is 1.69. The average molecular weight is 519 g/mol. The van der Waals surface area contributed by atoms with E-state index in [0.717, 1.165) is 53.7 Å². The highest BCUT2D eigenvalue weighted by atomic mass is 32.1. The van der Waals surface area contributed by atoms with Crippen molar-refractivity contribution in [2.24, 2.45) is 4.99 Å². The molecule has 1 N–H and O–H groups in total. The number of rotatable bonds is 6. The molecule has 9 heteroatoms. The molecule has 1 aliphatic rings. The van der Waals surface area contributed by atoms with Gasteiger partial charge in [-0.25, -0.2) is 9.79 Å². The van der Waals surface area contributed by atoms with Crippen LogP contribution in [0.2, 0.25) is 0 Å². The fraction of sp³-hybridized carbons (Fsp3) is 0.286. The fourth-order valence-electron chi connectivity index (χ4n) is 4.98. The molecule has 2 aromatic carbocycles. The van der Waals surface area contributed by atoms with Crippen LogP contribution in [0.15, 0.2) is 39.1 Å². The van der Waals surface area contributed by atoms with Crippen LogP contribution in [0.5, 0.6) is 5.75 Å². The summed E-state index contributed by atoms with van der Waals surface area (Å²) in [4.78, 5) is 28.7. The van der Waals surface area contributed by atoms with Gasteiger partial charge in [-0.15, -0.1) is 11.3 Å². The largest absolute Gasteiger partial charge is 0.502 e. The third-order valence-corrected chi connectivity index (χ3v) is 7.55. The number of esters is 1. The van der Waals surface area contributed by atoms with E-state index >= 15 is 0 Å². The topological polar surface area (TPSA) is 115 Å². The standard InChI is InChI=1S/C28H26N2O6S/c1-4-35-28(32)25-20(17-10-9-15(2)11-16(17)3)14-37-27(25)29-13-19-24-18-7-5-6-8-22(18)36-23(24)12-21(26(19)31)30(33)34/h9-14,31H,4-8H2,1-3H3/b29-13+. The Hall–Kier alpha value is -3.98. The third-order valence-electron chi connectivity index (χ3n) is 6.66. The van der Waals surface area contributed by atoms with Gasteiger partial charge >= 0.3 is 11.7 Å². The number of carbonyl (C=O) groups is 1. The minimum Gasteiger partial charge on any atom is -0.502 e. The number of thiophene rings is 1. The Kier molecular flexibility index (Phi) is 6.55. The quantitative estimate of drug-likeness (QED) is 0.125. The highest BCUT2D eigenvalue weighted by Crippen LogP contribution is 2.43. The van der Waals surface area contributed by atoms with Crippen molar-refractivity contribution in [3.63, 3.8) is 0 Å². The molecule has 0 amide bonds. The van der Waals surface area contributed by atoms with Gasteiger partial charge in [0, 0.05) is 34.5 Å². The molecule has 2 heterocycles. The molecule has 1 aliphatic carbocycles. The van der Waals surface area contributed by atoms with E-state index in [1.807, 2.05) is 37.4 Å². The van der Waals surface area contributed by atoms with E-state index in [1.165, 1.54) is 23.6 Å². The molecule has 0 saturated carbocycles. The monoisotopic (exact) mass is 518 g/mol. The molecule has 0 radical (unpaired) electrons. The van der Waals surface area contributed by atoms with Crippen LogP contribution in [0.4, 0.5) is 10.7 Å². The first-order valence-electron chi connectivity index (χ1n) is 12.1. The number of aliphatic imine (C=N–C) groups is 1. The number of nitro groups is 1. The van der Waals surface area contributed by atoms with Crippen molar-refractivity contribution in [3.05, 3.63) is 73.3 Å². The van der Waals surface area contributed by atoms with Gasteiger partial charge in [-0.2, -0.15) is 0 Å². The van der Waals surface area contributed by atoms with Gasteiger partial charge in [0.05, 0.1) is 23.2 Å². The van der Waals surface area contributed by atoms with Crippen molar-refractivity contribution in [3.8, 4) is 16.9 Å². The molecule has 5 rings (SSSR count). The van der Waals surface area contributed by atoms with Gasteiger partial charge in [-0.05, 0) is 51.2 Å². The summed E-state index contributed by atoms with van der Waals surface area (Å²) in [6.45, 7) is 5.94. The van der Waals surface area contributed by atoms with E-state index in [4.69, 9.17) is 9.15 Å². The van der Waals surface area contributed by atoms with Gasteiger partial charge in [0.1, 0.15) is 21.9 Å². The first-order valence-corrected chi connectivity index (χ1v) is 13.0. The first kappa shape index (κ1) is 24.7. The summed E-state index contributed by atoms with van der Waals surface area (Å²) < 4.78 is 11.3. The highest BCUT2D eigenvalue weighted by Gasteiger charge is 2.28. The van der Waals surface area contributed by atoms with E-state index < -0.39 is 22.3 Å². The molecule has 0 unspecified atom stereocenters. The van der Waals surface area contributed by atoms with E-state index in [2.05, 4.69) is 4.99 Å². The van der Waals surface area contributed by atoms with Gasteiger partial charge < -0.3 is 14.3 Å². The van der Waals surface area contributed by atoms with E-state index in [0.29, 0.717) is 27.1 Å². The molecular formula is C28H26N2O6S. The molecule has 2 aromatic heterocycles. The van der Waals surface area contributed by atoms with E-state index in [1.54, 1.807) is 6.92 Å². The number of nitro benzene ring substituents is 1. The number of nitrogens with zero attached hydrogens (tertiary/aromatic N) is 2. The number of benzene rings is 2. The average Bonchev–Trinajstić information content (AvgIpc) is 3.44. The zero-order chi connectivity index (χ0) is 26.3. The molecule has 0 spiro atoms. The van der Waals surface area contributed by atoms with Gasteiger partial charge in [0.25, 0.3) is 0 Å². The summed E-state index contributed by atoms with van der Waals surface area (Å²) >= 11 is 1.27. The number of ether oxygens (including phenoxy) is 1. The number of hydrogen-bond acceptors (Lipinski definition) is 8. The van der Waals surface area contributed by atoms with E-state index in [-0.39, 0.29) is 12.2 Å². The van der Waals surface area contributed by atoms with Crippen molar-refractivity contribution in [1.29, 1.82) is 0 Å². The zero-order valence-corrected chi connectivity index (χ0v) is 21.6. The van der Waals surface area contributed by atoms with Gasteiger partial charge in [-0.1, -0.05) is 23.8 Å². The van der Waals surface area contributed by atoms with Gasteiger partial charge in [-0.3, -0.25) is 10.1 Å². The summed E-state index contributed by atoms with van der Waals surface area (Å²) in [5, 5.41) is 25.5. The van der Waals surface area contributed by atoms with Crippen LogP contribution in [0, 0.1) is 24.0 Å². The minimum atomic E-state index is -0.638. The van der Waals surface area contributed by atoms with Gasteiger partial charge in [0.2, 0.25) is 5.75 Å². The zero-order valence-electron chi connectivity index (χ0n) is 20.8. The molecule has 0 bridgehead atoms. The highest BCUT2D eigenvalue weighted by molar-refractivity contribution is 7.14. The van der Waals surface area contributed by atoms with Crippen LogP contribution in [0.3, 0.4) is 0 Å². The second-order valence-corrected chi connectivity index (χ2v) is 9.98. The molecule has 0 saturated heterocycles. The lowest BCUT2D eigenvalue weighted by Crippen LogP contribution is -2.05. The summed E-state index contributed by atoms with van der Waals surface area (Å²) in [6, 6.07) is 7.27. The minimum absolute atomic E-state index is 0.206. The number of furan rings is 1. The molecule has 0 atom stereocenters. The van der Waals surface area contributed by atoms with Crippen LogP contribution >= 0.6 is 11.3 Å². The summed E-state index contributed by atoms with van der Waals surface area (Å²) in [7, 11) is 0. The Labute approximate surface area is 217 Å². The van der Waals surface area contributed by atoms with Crippen molar-refractivity contribution in [2.45, 2.75) is 46.5 Å². The maximum absolute atomic E-state index is 13.0. The van der Waals surface area contributed by atoms with E-state index in [9.17, 15) is 20.0 Å². The summed E-state index contributed by atoms with van der Waals surface area (Å²) in [6.07, 6.45) is 4.84. The Morgan fingerprint density at radius 1 is 1.24 bits per heavy atom. The number of hydrogen-bond donors (Lipinski definition) is 1. The predicted molar refractivity (Wildman–Crippen MR) is 144 cm³/mol. The Bertz CT molecular complexity index is 1580. The lowest BCUT2D eigenvalue weighted by Gasteiger charge is -2.10. The number of aromatic hydroxyl groups is 1. The maximum atomic E-state index is 13.0. The SMILES string of the molecule is CCOC(=O)c1c(-c2ccc(C)cc2C)csc1/N=C/c1c(O)c([N+](=O)[O-])cc2oc3c(c12)CCCC3. The van der Waals surface area contributed by atoms with Crippen LogP contribution in [0.1, 0.15) is 58.1 Å². The van der Waals surface area contributed by atoms with Crippen LogP contribution in [-0.4, -0.2) is 28.8 Å². The number of aryl methyl sites for hydroxylation is 4. The second kappa shape index (κ2) is 9.82. The molecule has 37 heavy (non-hydrogen) atoms. The fourth-order valence-corrected chi connectivity index (χ4v) is 5.88. The number of carbonyl (C=O) groups excluding carboxylic acids is 1. The Morgan fingerprint density at radius 2 is 2.03 bits per heavy atom. The Morgan fingerprint density at radius 3 is 2.76 bits per heavy atom. The summed E-state index contributed by atoms with van der Waals surface area (Å²) in [5.74, 6) is -0.185. The number of phenolic OH excluding ortho intramolecular Hbond substituents is 1. The molecule has 0 aliphatic heterocycles. The molecule has 4 aromatic rings. The molecular weight excluding hydrogens is 492 g/mol. The van der Waals surface area contributed by atoms with Crippen LogP contribution in [0.25, 0.3) is 22.1 Å². The second-order valence-electron chi connectivity index (χ2n) is 9.13. The molecule has 8 nitrogen and oxygen atoms in total. The van der Waals surface area contributed by atoms with Gasteiger partial charge in [0.15, 0.2) is 0 Å². The van der Waals surface area contributed by atoms with Crippen LogP contribution in [-0.2, 0) is 17.6 Å². The van der Waals surface area contributed by atoms with Crippen molar-refractivity contribution < 1.29 is 24.0 Å². The summed E-state index contributed by atoms with van der Waals surface area (Å²) in [5.41, 5.74) is 5.12. The van der Waals surface area contributed by atoms with Crippen LogP contribution < -0.4 is 0 Å². The molecule has 190 valence electrons. The van der Waals surface area contributed by atoms with Crippen molar-refractivity contribution in [1.82, 2.24) is 0 Å². The number of fused-ring (bicyclic) bond motifs is 3. The normalized spacial score (nSPS) is 13.3. The lowest BCUT2D eigenvalue weighted by molar-refractivity contribution is -0.385. The van der Waals surface area contributed by atoms with Crippen molar-refractivity contribution in [2.75, 3.05) is 6.61 Å². The maximum Gasteiger partial charge on any atom is 0.341 e. The predicted octanol–water partition coefficient (Wildman–Crippen LogP) is 7.20. The molecule has 0 fully saturated rings. The number of phenols is 1. The lowest BCUT2D eigenvalue weighted by atomic mass is 9.93. The third kappa shape index (κ3) is 4.40.